The number of rotatable bonds is 9. The van der Waals surface area contributed by atoms with Crippen molar-refractivity contribution in [1.29, 1.82) is 0 Å². The summed E-state index contributed by atoms with van der Waals surface area (Å²) in [5, 5.41) is 6.32. The van der Waals surface area contributed by atoms with Gasteiger partial charge >= 0.3 is 12.1 Å². The van der Waals surface area contributed by atoms with E-state index in [4.69, 9.17) is 9.47 Å². The number of aromatic amines is 1. The molecule has 170 valence electrons. The van der Waals surface area contributed by atoms with Gasteiger partial charge in [0.05, 0.1) is 7.11 Å². The summed E-state index contributed by atoms with van der Waals surface area (Å²) < 4.78 is 10.2. The molecule has 0 aliphatic rings. The quantitative estimate of drug-likeness (QED) is 0.508. The van der Waals surface area contributed by atoms with Gasteiger partial charge in [-0.1, -0.05) is 18.2 Å². The smallest absolute Gasteiger partial charge is 0.408 e. The molecule has 0 fully saturated rings. The number of methoxy groups -OCH3 is 1. The Morgan fingerprint density at radius 2 is 1.84 bits per heavy atom. The van der Waals surface area contributed by atoms with Crippen molar-refractivity contribution >= 4 is 40.6 Å². The number of para-hydroxylation sites is 1. The van der Waals surface area contributed by atoms with E-state index in [1.165, 1.54) is 7.11 Å². The summed E-state index contributed by atoms with van der Waals surface area (Å²) in [5.41, 5.74) is 1.14. The van der Waals surface area contributed by atoms with Gasteiger partial charge in [0.1, 0.15) is 17.7 Å². The highest BCUT2D eigenvalue weighted by Crippen LogP contribution is 2.19. The van der Waals surface area contributed by atoms with Crippen molar-refractivity contribution in [3.63, 3.8) is 0 Å². The van der Waals surface area contributed by atoms with Crippen LogP contribution in [0.4, 0.5) is 4.79 Å². The lowest BCUT2D eigenvalue weighted by molar-refractivity contribution is -0.145. The van der Waals surface area contributed by atoms with Gasteiger partial charge in [-0.2, -0.15) is 11.8 Å². The van der Waals surface area contributed by atoms with Crippen LogP contribution in [-0.2, 0) is 25.5 Å². The maximum absolute atomic E-state index is 13.0. The van der Waals surface area contributed by atoms with E-state index in [9.17, 15) is 14.4 Å². The van der Waals surface area contributed by atoms with Crippen molar-refractivity contribution in [2.45, 2.75) is 51.3 Å². The van der Waals surface area contributed by atoms with Crippen molar-refractivity contribution in [1.82, 2.24) is 15.6 Å². The highest BCUT2D eigenvalue weighted by Gasteiger charge is 2.29. The molecule has 3 N–H and O–H groups in total. The van der Waals surface area contributed by atoms with Gasteiger partial charge in [0.25, 0.3) is 0 Å². The number of aromatic nitrogens is 1. The Kier molecular flexibility index (Phi) is 8.79. The van der Waals surface area contributed by atoms with Gasteiger partial charge < -0.3 is 25.1 Å². The van der Waals surface area contributed by atoms with E-state index in [-0.39, 0.29) is 6.42 Å². The molecule has 0 saturated heterocycles. The summed E-state index contributed by atoms with van der Waals surface area (Å²) in [7, 11) is 1.28. The van der Waals surface area contributed by atoms with Gasteiger partial charge in [-0.25, -0.2) is 9.59 Å². The molecule has 1 aromatic heterocycles. The van der Waals surface area contributed by atoms with Crippen molar-refractivity contribution in [2.75, 3.05) is 19.1 Å². The Balaban J connectivity index is 2.15. The lowest BCUT2D eigenvalue weighted by atomic mass is 10.0. The number of carbonyl (C=O) groups excluding carboxylic acids is 3. The minimum Gasteiger partial charge on any atom is -0.467 e. The molecule has 0 aliphatic carbocycles. The van der Waals surface area contributed by atoms with E-state index < -0.39 is 35.7 Å². The van der Waals surface area contributed by atoms with Gasteiger partial charge in [0.2, 0.25) is 5.91 Å². The van der Waals surface area contributed by atoms with Crippen molar-refractivity contribution in [2.24, 2.45) is 0 Å². The highest BCUT2D eigenvalue weighted by molar-refractivity contribution is 7.98. The predicted molar refractivity (Wildman–Crippen MR) is 122 cm³/mol. The third-order valence-electron chi connectivity index (χ3n) is 4.52. The summed E-state index contributed by atoms with van der Waals surface area (Å²) in [6, 6.07) is 5.98. The molecule has 8 nitrogen and oxygen atoms in total. The second-order valence-corrected chi connectivity index (χ2v) is 9.11. The number of nitrogens with one attached hydrogen (secondary N) is 3. The summed E-state index contributed by atoms with van der Waals surface area (Å²) in [6.07, 6.45) is 3.70. The molecule has 0 radical (unpaired) electrons. The van der Waals surface area contributed by atoms with Crippen LogP contribution in [0.25, 0.3) is 10.9 Å². The molecular formula is C22H31N3O5S. The van der Waals surface area contributed by atoms with Crippen molar-refractivity contribution in [3.05, 3.63) is 36.0 Å². The number of hydrogen-bond acceptors (Lipinski definition) is 6. The Labute approximate surface area is 186 Å². The molecule has 2 rings (SSSR count). The van der Waals surface area contributed by atoms with Crippen LogP contribution in [0.15, 0.2) is 30.5 Å². The van der Waals surface area contributed by atoms with E-state index in [0.29, 0.717) is 12.2 Å². The Bertz CT molecular complexity index is 906. The summed E-state index contributed by atoms with van der Waals surface area (Å²) in [4.78, 5) is 40.7. The standard InChI is InChI=1S/C22H31N3O5S/c1-22(2,3)30-21(28)25-17(10-11-31-5)19(26)24-18(20(27)29-4)12-14-13-23-16-9-7-6-8-15(14)16/h6-9,13,17-18,23H,10-12H2,1-5H3,(H,24,26)(H,25,28)/t17-,18-/m0/s1. The molecule has 9 heteroatoms. The first-order chi connectivity index (χ1) is 14.6. The number of carbonyl (C=O) groups is 3. The third kappa shape index (κ3) is 7.50. The fourth-order valence-corrected chi connectivity index (χ4v) is 3.55. The van der Waals surface area contributed by atoms with Gasteiger partial charge in [-0.05, 0) is 50.8 Å². The molecule has 0 saturated carbocycles. The van der Waals surface area contributed by atoms with Crippen LogP contribution in [0.1, 0.15) is 32.8 Å². The van der Waals surface area contributed by atoms with E-state index in [1.807, 2.05) is 36.7 Å². The summed E-state index contributed by atoms with van der Waals surface area (Å²) in [6.45, 7) is 5.24. The molecule has 31 heavy (non-hydrogen) atoms. The number of thioether (sulfide) groups is 1. The van der Waals surface area contributed by atoms with Crippen molar-refractivity contribution < 1.29 is 23.9 Å². The number of alkyl carbamates (subject to hydrolysis) is 1. The largest absolute Gasteiger partial charge is 0.467 e. The second-order valence-electron chi connectivity index (χ2n) is 8.13. The average molecular weight is 450 g/mol. The zero-order valence-electron chi connectivity index (χ0n) is 18.6. The molecular weight excluding hydrogens is 418 g/mol. The van der Waals surface area contributed by atoms with Gasteiger partial charge in [-0.3, -0.25) is 4.79 Å². The van der Waals surface area contributed by atoms with Gasteiger partial charge in [-0.15, -0.1) is 0 Å². The first-order valence-electron chi connectivity index (χ1n) is 10.1. The number of hydrogen-bond donors (Lipinski definition) is 3. The molecule has 0 bridgehead atoms. The van der Waals surface area contributed by atoms with Crippen LogP contribution in [0.5, 0.6) is 0 Å². The Hall–Kier alpha value is -2.68. The first-order valence-corrected chi connectivity index (χ1v) is 11.5. The van der Waals surface area contributed by atoms with Crippen molar-refractivity contribution in [3.8, 4) is 0 Å². The average Bonchev–Trinajstić information content (AvgIpc) is 3.11. The van der Waals surface area contributed by atoms with Crippen LogP contribution in [-0.4, -0.2) is 59.8 Å². The fourth-order valence-electron chi connectivity index (χ4n) is 3.08. The van der Waals surface area contributed by atoms with E-state index >= 15 is 0 Å². The van der Waals surface area contributed by atoms with E-state index in [1.54, 1.807) is 32.5 Å². The third-order valence-corrected chi connectivity index (χ3v) is 5.16. The lowest BCUT2D eigenvalue weighted by Gasteiger charge is -2.24. The molecule has 0 aliphatic heterocycles. The molecule has 2 atom stereocenters. The van der Waals surface area contributed by atoms with Crippen LogP contribution < -0.4 is 10.6 Å². The monoisotopic (exact) mass is 449 g/mol. The van der Waals surface area contributed by atoms with Crippen LogP contribution in [0, 0.1) is 0 Å². The van der Waals surface area contributed by atoms with Gasteiger partial charge in [0.15, 0.2) is 0 Å². The fraction of sp³-hybridized carbons (Fsp3) is 0.500. The Morgan fingerprint density at radius 1 is 1.13 bits per heavy atom. The van der Waals surface area contributed by atoms with Crippen LogP contribution >= 0.6 is 11.8 Å². The number of ether oxygens (including phenoxy) is 2. The minimum atomic E-state index is -0.895. The van der Waals surface area contributed by atoms with Crippen LogP contribution in [0.3, 0.4) is 0 Å². The molecule has 1 heterocycles. The SMILES string of the molecule is COC(=O)[C@H](Cc1c[nH]c2ccccc12)NC(=O)[C@H](CCSC)NC(=O)OC(C)(C)C. The molecule has 2 amide bonds. The summed E-state index contributed by atoms with van der Waals surface area (Å²) in [5.74, 6) is -0.367. The summed E-state index contributed by atoms with van der Waals surface area (Å²) >= 11 is 1.55. The van der Waals surface area contributed by atoms with E-state index in [0.717, 1.165) is 16.5 Å². The predicted octanol–water partition coefficient (Wildman–Crippen LogP) is 3.01. The normalized spacial score (nSPS) is 13.3. The number of amides is 2. The topological polar surface area (TPSA) is 110 Å². The molecule has 2 aromatic rings. The molecule has 0 spiro atoms. The minimum absolute atomic E-state index is 0.254. The molecule has 0 unspecified atom stereocenters. The second kappa shape index (κ2) is 11.1. The number of H-pyrrole nitrogens is 1. The number of fused-ring (bicyclic) bond motifs is 1. The molecule has 1 aromatic carbocycles. The zero-order chi connectivity index (χ0) is 23.0. The van der Waals surface area contributed by atoms with Crippen LogP contribution in [0.2, 0.25) is 0 Å². The lowest BCUT2D eigenvalue weighted by Crippen LogP contribution is -2.53. The van der Waals surface area contributed by atoms with Gasteiger partial charge in [0, 0.05) is 23.5 Å². The number of esters is 1. The first kappa shape index (κ1) is 24.6. The maximum Gasteiger partial charge on any atom is 0.408 e. The number of benzene rings is 1. The highest BCUT2D eigenvalue weighted by atomic mass is 32.2. The maximum atomic E-state index is 13.0. The Morgan fingerprint density at radius 3 is 2.48 bits per heavy atom. The van der Waals surface area contributed by atoms with E-state index in [2.05, 4.69) is 15.6 Å². The zero-order valence-corrected chi connectivity index (χ0v) is 19.4.